The first-order chi connectivity index (χ1) is 10.0. The Morgan fingerprint density at radius 3 is 2.18 bits per heavy atom. The van der Waals surface area contributed by atoms with E-state index >= 15 is 0 Å². The monoisotopic (exact) mass is 316 g/mol. The summed E-state index contributed by atoms with van der Waals surface area (Å²) in [6.07, 6.45) is 0. The molecule has 0 bridgehead atoms. The minimum atomic E-state index is -1.88. The van der Waals surface area contributed by atoms with Crippen molar-refractivity contribution in [2.45, 2.75) is 45.8 Å². The summed E-state index contributed by atoms with van der Waals surface area (Å²) < 4.78 is 1.55. The van der Waals surface area contributed by atoms with Gasteiger partial charge in [-0.3, -0.25) is 0 Å². The average Bonchev–Trinajstić information content (AvgIpc) is 2.84. The van der Waals surface area contributed by atoms with Gasteiger partial charge in [0.05, 0.1) is 5.69 Å². The van der Waals surface area contributed by atoms with Crippen LogP contribution in [0.15, 0.2) is 30.3 Å². The molecule has 2 aromatic rings. The summed E-state index contributed by atoms with van der Waals surface area (Å²) in [5.74, 6) is -0.946. The summed E-state index contributed by atoms with van der Waals surface area (Å²) >= 11 is 0. The fourth-order valence-corrected chi connectivity index (χ4v) is 3.72. The van der Waals surface area contributed by atoms with E-state index in [9.17, 15) is 9.90 Å². The van der Waals surface area contributed by atoms with Crippen LogP contribution in [0.3, 0.4) is 0 Å². The van der Waals surface area contributed by atoms with E-state index in [0.29, 0.717) is 0 Å². The van der Waals surface area contributed by atoms with Gasteiger partial charge < -0.3 is 5.11 Å². The second-order valence-corrected chi connectivity index (χ2v) is 12.6. The number of nitrogens with zero attached hydrogens (tertiary/aromatic N) is 2. The Labute approximate surface area is 132 Å². The molecule has 0 aliphatic heterocycles. The molecule has 0 radical (unpaired) electrons. The van der Waals surface area contributed by atoms with Gasteiger partial charge in [-0.2, -0.15) is 5.10 Å². The Bertz CT molecular complexity index is 694. The van der Waals surface area contributed by atoms with Crippen molar-refractivity contribution in [1.82, 2.24) is 9.78 Å². The van der Waals surface area contributed by atoms with Gasteiger partial charge in [0.25, 0.3) is 0 Å². The van der Waals surface area contributed by atoms with Crippen LogP contribution >= 0.6 is 0 Å². The number of carboxylic acids is 1. The van der Waals surface area contributed by atoms with Crippen LogP contribution in [-0.4, -0.2) is 28.9 Å². The molecule has 118 valence electrons. The molecule has 1 N–H and O–H groups in total. The molecule has 0 amide bonds. The molecule has 22 heavy (non-hydrogen) atoms. The highest BCUT2D eigenvalue weighted by atomic mass is 28.3. The van der Waals surface area contributed by atoms with Crippen molar-refractivity contribution in [1.29, 1.82) is 0 Å². The molecule has 1 aromatic carbocycles. The summed E-state index contributed by atoms with van der Waals surface area (Å²) in [5, 5.41) is 15.2. The minimum Gasteiger partial charge on any atom is -0.477 e. The van der Waals surface area contributed by atoms with Gasteiger partial charge in [0.2, 0.25) is 0 Å². The van der Waals surface area contributed by atoms with E-state index in [-0.39, 0.29) is 10.7 Å². The maximum absolute atomic E-state index is 11.6. The van der Waals surface area contributed by atoms with Crippen molar-refractivity contribution in [3.05, 3.63) is 41.6 Å². The number of carboxylic acid groups (broad SMARTS) is 1. The van der Waals surface area contributed by atoms with Crippen LogP contribution in [0, 0.1) is 6.92 Å². The molecule has 0 saturated heterocycles. The zero-order valence-corrected chi connectivity index (χ0v) is 15.1. The van der Waals surface area contributed by atoms with Gasteiger partial charge in [0.1, 0.15) is 8.07 Å². The van der Waals surface area contributed by atoms with Crippen molar-refractivity contribution >= 4 is 19.4 Å². The molecular weight excluding hydrogens is 292 g/mol. The van der Waals surface area contributed by atoms with Crippen LogP contribution < -0.4 is 5.32 Å². The largest absolute Gasteiger partial charge is 0.477 e. The lowest BCUT2D eigenvalue weighted by Gasteiger charge is -2.35. The van der Waals surface area contributed by atoms with Gasteiger partial charge in [-0.1, -0.05) is 51.6 Å². The van der Waals surface area contributed by atoms with Gasteiger partial charge in [0.15, 0.2) is 5.69 Å². The topological polar surface area (TPSA) is 55.1 Å². The summed E-state index contributed by atoms with van der Waals surface area (Å²) in [6, 6.07) is 9.50. The zero-order valence-electron chi connectivity index (χ0n) is 14.1. The lowest BCUT2D eigenvalue weighted by Crippen LogP contribution is -2.50. The standard InChI is InChI=1S/C17H24N2O2Si/c1-12-7-9-13(10-8-12)19-14(16(20)21)11-15(18-19)22(5,6)17(2,3)4/h7-11H,1-6H3,(H,20,21). The Balaban J connectivity index is 2.61. The average molecular weight is 316 g/mol. The van der Waals surface area contributed by atoms with E-state index in [1.807, 2.05) is 31.2 Å². The highest BCUT2D eigenvalue weighted by molar-refractivity contribution is 6.91. The molecule has 1 aromatic heterocycles. The number of hydrogen-bond donors (Lipinski definition) is 1. The molecule has 1 heterocycles. The molecular formula is C17H24N2O2Si. The first-order valence-electron chi connectivity index (χ1n) is 7.45. The smallest absolute Gasteiger partial charge is 0.354 e. The van der Waals surface area contributed by atoms with Crippen LogP contribution in [0.5, 0.6) is 0 Å². The molecule has 0 unspecified atom stereocenters. The molecule has 0 aliphatic rings. The lowest BCUT2D eigenvalue weighted by molar-refractivity contribution is 0.0687. The van der Waals surface area contributed by atoms with Crippen molar-refractivity contribution in [2.75, 3.05) is 0 Å². The van der Waals surface area contributed by atoms with E-state index in [1.165, 1.54) is 0 Å². The van der Waals surface area contributed by atoms with E-state index < -0.39 is 14.0 Å². The lowest BCUT2D eigenvalue weighted by atomic mass is 10.2. The minimum absolute atomic E-state index is 0.106. The third-order valence-corrected chi connectivity index (χ3v) is 10.00. The summed E-state index contributed by atoms with van der Waals surface area (Å²) in [7, 11) is -1.88. The molecule has 4 nitrogen and oxygen atoms in total. The first kappa shape index (κ1) is 16.5. The van der Waals surface area contributed by atoms with Gasteiger partial charge in [-0.05, 0) is 30.2 Å². The van der Waals surface area contributed by atoms with Gasteiger partial charge in [-0.15, -0.1) is 0 Å². The summed E-state index contributed by atoms with van der Waals surface area (Å²) in [5.41, 5.74) is 2.15. The number of aromatic carboxylic acids is 1. The Morgan fingerprint density at radius 1 is 1.18 bits per heavy atom. The fourth-order valence-electron chi connectivity index (χ4n) is 2.11. The molecule has 5 heteroatoms. The van der Waals surface area contributed by atoms with Crippen LogP contribution in [-0.2, 0) is 0 Å². The molecule has 0 atom stereocenters. The normalized spacial score (nSPS) is 12.5. The maximum atomic E-state index is 11.6. The van der Waals surface area contributed by atoms with Gasteiger partial charge in [0, 0.05) is 5.32 Å². The second-order valence-electron chi connectivity index (χ2n) is 7.34. The summed E-state index contributed by atoms with van der Waals surface area (Å²) in [6.45, 7) is 13.1. The zero-order chi connectivity index (χ0) is 16.7. The number of hydrogen-bond acceptors (Lipinski definition) is 2. The van der Waals surface area contributed by atoms with E-state index in [2.05, 4.69) is 39.0 Å². The Hall–Kier alpha value is -1.88. The van der Waals surface area contributed by atoms with Crippen molar-refractivity contribution in [3.8, 4) is 5.69 Å². The number of aromatic nitrogens is 2. The van der Waals surface area contributed by atoms with Crippen molar-refractivity contribution < 1.29 is 9.90 Å². The Morgan fingerprint density at radius 2 is 1.73 bits per heavy atom. The molecule has 0 spiro atoms. The quantitative estimate of drug-likeness (QED) is 0.880. The fraction of sp³-hybridized carbons (Fsp3) is 0.412. The second kappa shape index (κ2) is 5.39. The van der Waals surface area contributed by atoms with Gasteiger partial charge >= 0.3 is 5.97 Å². The summed E-state index contributed by atoms with van der Waals surface area (Å²) in [4.78, 5) is 11.6. The van der Waals surface area contributed by atoms with Crippen molar-refractivity contribution in [3.63, 3.8) is 0 Å². The van der Waals surface area contributed by atoms with Crippen LogP contribution in [0.2, 0.25) is 18.1 Å². The number of benzene rings is 1. The SMILES string of the molecule is Cc1ccc(-n2nc([Si](C)(C)C(C)(C)C)cc2C(=O)O)cc1. The first-order valence-corrected chi connectivity index (χ1v) is 10.4. The van der Waals surface area contributed by atoms with Crippen LogP contribution in [0.25, 0.3) is 5.69 Å². The molecule has 2 rings (SSSR count). The number of aryl methyl sites for hydroxylation is 1. The van der Waals surface area contributed by atoms with Crippen molar-refractivity contribution in [2.24, 2.45) is 0 Å². The number of rotatable bonds is 3. The third-order valence-electron chi connectivity index (χ3n) is 4.72. The molecule has 0 fully saturated rings. The predicted molar refractivity (Wildman–Crippen MR) is 92.1 cm³/mol. The molecule has 0 saturated carbocycles. The third kappa shape index (κ3) is 2.86. The van der Waals surface area contributed by atoms with E-state index in [1.54, 1.807) is 10.7 Å². The number of carbonyl (C=O) groups is 1. The molecule has 0 aliphatic carbocycles. The predicted octanol–water partition coefficient (Wildman–Crippen LogP) is 3.59. The highest BCUT2D eigenvalue weighted by Crippen LogP contribution is 2.35. The van der Waals surface area contributed by atoms with E-state index in [4.69, 9.17) is 0 Å². The highest BCUT2D eigenvalue weighted by Gasteiger charge is 2.40. The van der Waals surface area contributed by atoms with Crippen LogP contribution in [0.1, 0.15) is 36.8 Å². The maximum Gasteiger partial charge on any atom is 0.354 e. The van der Waals surface area contributed by atoms with Crippen LogP contribution in [0.4, 0.5) is 0 Å². The van der Waals surface area contributed by atoms with Gasteiger partial charge in [-0.25, -0.2) is 9.48 Å². The van der Waals surface area contributed by atoms with E-state index in [0.717, 1.165) is 16.6 Å². The Kier molecular flexibility index (Phi) is 4.04.